The summed E-state index contributed by atoms with van der Waals surface area (Å²) >= 11 is 0. The minimum Gasteiger partial charge on any atom is -0.301 e. The van der Waals surface area contributed by atoms with Gasteiger partial charge in [0.15, 0.2) is 0 Å². The van der Waals surface area contributed by atoms with Crippen LogP contribution in [0.4, 0.5) is 11.4 Å². The summed E-state index contributed by atoms with van der Waals surface area (Å²) in [5.74, 6) is 0. The van der Waals surface area contributed by atoms with Gasteiger partial charge in [0.05, 0.1) is 11.4 Å². The maximum Gasteiger partial charge on any atom is 0.0629 e. The van der Waals surface area contributed by atoms with Gasteiger partial charge in [-0.15, -0.1) is 0 Å². The third-order valence-electron chi connectivity index (χ3n) is 4.52. The number of para-hydroxylation sites is 2. The van der Waals surface area contributed by atoms with Crippen molar-refractivity contribution in [3.05, 3.63) is 60.7 Å². The van der Waals surface area contributed by atoms with Crippen LogP contribution in [0.5, 0.6) is 0 Å². The third kappa shape index (κ3) is 4.39. The summed E-state index contributed by atoms with van der Waals surface area (Å²) in [6.07, 6.45) is 3.47. The van der Waals surface area contributed by atoms with Gasteiger partial charge in [-0.05, 0) is 57.4 Å². The molecule has 1 fully saturated rings. The molecule has 2 aromatic rings. The molecule has 1 aliphatic heterocycles. The molecule has 2 aromatic carbocycles. The number of benzene rings is 2. The molecule has 0 radical (unpaired) electrons. The van der Waals surface area contributed by atoms with Crippen LogP contribution in [0.3, 0.4) is 0 Å². The van der Waals surface area contributed by atoms with Crippen LogP contribution in [0.15, 0.2) is 70.6 Å². The van der Waals surface area contributed by atoms with Gasteiger partial charge in [-0.3, -0.25) is 9.98 Å². The van der Waals surface area contributed by atoms with Crippen molar-refractivity contribution in [3.63, 3.8) is 0 Å². The van der Waals surface area contributed by atoms with Crippen molar-refractivity contribution in [1.82, 2.24) is 5.32 Å². The van der Waals surface area contributed by atoms with Crippen molar-refractivity contribution in [2.75, 3.05) is 0 Å². The SMILES string of the molecule is C/C(=N\c1ccccc1)C1CCCC(/C(C)=N/c2ccccc2)N1. The van der Waals surface area contributed by atoms with Crippen molar-refractivity contribution in [2.24, 2.45) is 9.98 Å². The van der Waals surface area contributed by atoms with Crippen molar-refractivity contribution in [1.29, 1.82) is 0 Å². The van der Waals surface area contributed by atoms with E-state index in [2.05, 4.69) is 19.2 Å². The van der Waals surface area contributed by atoms with Gasteiger partial charge < -0.3 is 5.32 Å². The summed E-state index contributed by atoms with van der Waals surface area (Å²) in [6, 6.07) is 21.0. The van der Waals surface area contributed by atoms with E-state index in [0.29, 0.717) is 12.1 Å². The van der Waals surface area contributed by atoms with E-state index in [1.54, 1.807) is 0 Å². The number of nitrogens with one attached hydrogen (secondary N) is 1. The Morgan fingerprint density at radius 3 is 1.58 bits per heavy atom. The van der Waals surface area contributed by atoms with E-state index < -0.39 is 0 Å². The molecule has 1 aliphatic rings. The highest BCUT2D eigenvalue weighted by atomic mass is 15.0. The lowest BCUT2D eigenvalue weighted by molar-refractivity contribution is 0.427. The lowest BCUT2D eigenvalue weighted by Gasteiger charge is -2.31. The Balaban J connectivity index is 1.70. The summed E-state index contributed by atoms with van der Waals surface area (Å²) in [4.78, 5) is 9.55. The second-order valence-corrected chi connectivity index (χ2v) is 6.38. The van der Waals surface area contributed by atoms with Crippen LogP contribution in [0.25, 0.3) is 0 Å². The molecular weight excluding hydrogens is 294 g/mol. The smallest absolute Gasteiger partial charge is 0.0629 e. The number of aliphatic imine (C=N–C) groups is 2. The maximum atomic E-state index is 4.77. The minimum atomic E-state index is 0.324. The molecular formula is C21H25N3. The quantitative estimate of drug-likeness (QED) is 0.784. The Morgan fingerprint density at radius 2 is 1.17 bits per heavy atom. The van der Waals surface area contributed by atoms with E-state index in [1.807, 2.05) is 60.7 Å². The maximum absolute atomic E-state index is 4.77. The first-order valence-corrected chi connectivity index (χ1v) is 8.69. The first-order valence-electron chi connectivity index (χ1n) is 8.69. The molecule has 0 aromatic heterocycles. The summed E-state index contributed by atoms with van der Waals surface area (Å²) in [7, 11) is 0. The summed E-state index contributed by atoms with van der Waals surface area (Å²) in [5.41, 5.74) is 4.35. The lowest BCUT2D eigenvalue weighted by atomic mass is 9.93. The predicted molar refractivity (Wildman–Crippen MR) is 103 cm³/mol. The van der Waals surface area contributed by atoms with Crippen LogP contribution < -0.4 is 5.32 Å². The van der Waals surface area contributed by atoms with Crippen molar-refractivity contribution in [3.8, 4) is 0 Å². The Kier molecular flexibility index (Phi) is 5.55. The number of piperidine rings is 1. The molecule has 1 heterocycles. The molecule has 1 N–H and O–H groups in total. The molecule has 0 spiro atoms. The Hall–Kier alpha value is -2.26. The van der Waals surface area contributed by atoms with Crippen LogP contribution in [-0.4, -0.2) is 23.5 Å². The van der Waals surface area contributed by atoms with Crippen LogP contribution in [0.2, 0.25) is 0 Å². The van der Waals surface area contributed by atoms with Gasteiger partial charge >= 0.3 is 0 Å². The molecule has 2 unspecified atom stereocenters. The van der Waals surface area contributed by atoms with Gasteiger partial charge in [0.25, 0.3) is 0 Å². The minimum absolute atomic E-state index is 0.324. The summed E-state index contributed by atoms with van der Waals surface area (Å²) in [5, 5.41) is 3.73. The van der Waals surface area contributed by atoms with E-state index in [9.17, 15) is 0 Å². The largest absolute Gasteiger partial charge is 0.301 e. The molecule has 24 heavy (non-hydrogen) atoms. The second-order valence-electron chi connectivity index (χ2n) is 6.38. The zero-order chi connectivity index (χ0) is 16.8. The van der Waals surface area contributed by atoms with Crippen LogP contribution in [0.1, 0.15) is 33.1 Å². The topological polar surface area (TPSA) is 36.8 Å². The fourth-order valence-electron chi connectivity index (χ4n) is 3.16. The van der Waals surface area contributed by atoms with E-state index in [4.69, 9.17) is 9.98 Å². The van der Waals surface area contributed by atoms with Gasteiger partial charge in [-0.25, -0.2) is 0 Å². The van der Waals surface area contributed by atoms with Gasteiger partial charge in [0, 0.05) is 23.5 Å². The fraction of sp³-hybridized carbons (Fsp3) is 0.333. The molecule has 0 bridgehead atoms. The van der Waals surface area contributed by atoms with Crippen LogP contribution >= 0.6 is 0 Å². The Morgan fingerprint density at radius 1 is 0.750 bits per heavy atom. The van der Waals surface area contributed by atoms with Crippen molar-refractivity contribution < 1.29 is 0 Å². The zero-order valence-corrected chi connectivity index (χ0v) is 14.4. The Labute approximate surface area is 144 Å². The van der Waals surface area contributed by atoms with Crippen molar-refractivity contribution >= 4 is 22.8 Å². The Bertz CT molecular complexity index is 643. The van der Waals surface area contributed by atoms with E-state index in [0.717, 1.165) is 35.6 Å². The van der Waals surface area contributed by atoms with Gasteiger partial charge in [0.2, 0.25) is 0 Å². The van der Waals surface area contributed by atoms with E-state index in [-0.39, 0.29) is 0 Å². The molecule has 0 aliphatic carbocycles. The number of rotatable bonds is 4. The standard InChI is InChI=1S/C21H25N3/c1-16(22-18-10-5-3-6-11-18)20-14-9-15-21(24-20)17(2)23-19-12-7-4-8-13-19/h3-8,10-13,20-21,24H,9,14-15H2,1-2H3/b22-16+,23-17+. The summed E-state index contributed by atoms with van der Waals surface area (Å²) < 4.78 is 0. The molecule has 1 saturated heterocycles. The van der Waals surface area contributed by atoms with Gasteiger partial charge in [-0.1, -0.05) is 36.4 Å². The number of hydrogen-bond acceptors (Lipinski definition) is 3. The van der Waals surface area contributed by atoms with E-state index >= 15 is 0 Å². The highest BCUT2D eigenvalue weighted by molar-refractivity contribution is 5.93. The summed E-state index contributed by atoms with van der Waals surface area (Å²) in [6.45, 7) is 4.24. The molecule has 2 atom stereocenters. The highest BCUT2D eigenvalue weighted by Gasteiger charge is 2.24. The average Bonchev–Trinajstić information content (AvgIpc) is 2.63. The normalized spacial score (nSPS) is 22.4. The lowest BCUT2D eigenvalue weighted by Crippen LogP contribution is -2.49. The molecule has 0 saturated carbocycles. The first-order chi connectivity index (χ1) is 11.7. The average molecular weight is 319 g/mol. The number of hydrogen-bond donors (Lipinski definition) is 1. The predicted octanol–water partition coefficient (Wildman–Crippen LogP) is 5.08. The molecule has 124 valence electrons. The monoisotopic (exact) mass is 319 g/mol. The third-order valence-corrected chi connectivity index (χ3v) is 4.52. The zero-order valence-electron chi connectivity index (χ0n) is 14.4. The highest BCUT2D eigenvalue weighted by Crippen LogP contribution is 2.20. The van der Waals surface area contributed by atoms with Gasteiger partial charge in [0.1, 0.15) is 0 Å². The first kappa shape index (κ1) is 16.6. The van der Waals surface area contributed by atoms with Gasteiger partial charge in [-0.2, -0.15) is 0 Å². The molecule has 3 rings (SSSR count). The molecule has 0 amide bonds. The molecule has 3 nitrogen and oxygen atoms in total. The van der Waals surface area contributed by atoms with Crippen LogP contribution in [-0.2, 0) is 0 Å². The number of nitrogens with zero attached hydrogens (tertiary/aromatic N) is 2. The van der Waals surface area contributed by atoms with Crippen LogP contribution in [0, 0.1) is 0 Å². The molecule has 3 heteroatoms. The van der Waals surface area contributed by atoms with Crippen molar-refractivity contribution in [2.45, 2.75) is 45.2 Å². The second kappa shape index (κ2) is 8.02. The fourth-order valence-corrected chi connectivity index (χ4v) is 3.16. The van der Waals surface area contributed by atoms with E-state index in [1.165, 1.54) is 6.42 Å².